The molecule has 0 amide bonds. The van der Waals surface area contributed by atoms with Crippen LogP contribution in [0.5, 0.6) is 0 Å². The Hall–Kier alpha value is -2.41. The first-order valence-electron chi connectivity index (χ1n) is 5.18. The molecule has 2 heterocycles. The first-order valence-corrected chi connectivity index (χ1v) is 5.18. The zero-order chi connectivity index (χ0) is 12.4. The second kappa shape index (κ2) is 4.22. The molecule has 4 heteroatoms. The van der Waals surface area contributed by atoms with Crippen LogP contribution in [0.25, 0.3) is 5.82 Å². The van der Waals surface area contributed by atoms with Gasteiger partial charge in [0.2, 0.25) is 0 Å². The molecule has 0 spiro atoms. The number of aryl methyl sites for hydroxylation is 1. The Bertz CT molecular complexity index is 603. The lowest BCUT2D eigenvalue weighted by Gasteiger charge is -2.07. The summed E-state index contributed by atoms with van der Waals surface area (Å²) in [5, 5.41) is 8.94. The topological polar surface area (TPSA) is 58.7 Å². The summed E-state index contributed by atoms with van der Waals surface area (Å²) >= 11 is 0. The molecule has 17 heavy (non-hydrogen) atoms. The van der Waals surface area contributed by atoms with Gasteiger partial charge in [0.05, 0.1) is 11.3 Å². The molecule has 0 unspecified atom stereocenters. The van der Waals surface area contributed by atoms with Crippen molar-refractivity contribution in [2.24, 2.45) is 0 Å². The van der Waals surface area contributed by atoms with Crippen LogP contribution in [0, 0.1) is 25.2 Å². The van der Waals surface area contributed by atoms with E-state index in [1.54, 1.807) is 23.8 Å². The molecule has 84 valence electrons. The molecule has 0 saturated carbocycles. The van der Waals surface area contributed by atoms with Crippen molar-refractivity contribution in [3.8, 4) is 11.9 Å². The van der Waals surface area contributed by atoms with E-state index in [1.165, 1.54) is 0 Å². The highest BCUT2D eigenvalue weighted by Crippen LogP contribution is 2.18. The number of pyridine rings is 1. The minimum atomic E-state index is 0.440. The van der Waals surface area contributed by atoms with Gasteiger partial charge in [0.15, 0.2) is 6.29 Å². The van der Waals surface area contributed by atoms with Gasteiger partial charge in [-0.2, -0.15) is 5.26 Å². The maximum atomic E-state index is 11.0. The predicted octanol–water partition coefficient (Wildman–Crippen LogP) is 2.17. The number of aldehydes is 1. The number of aromatic nitrogens is 2. The monoisotopic (exact) mass is 225 g/mol. The largest absolute Gasteiger partial charge is 0.296 e. The molecule has 2 aromatic heterocycles. The molecule has 0 aromatic carbocycles. The number of hydrogen-bond acceptors (Lipinski definition) is 3. The standard InChI is InChI=1S/C13H11N3O/c1-9-3-4-13(15-7-9)16-10(2)11(6-14)5-12(16)8-17/h3-5,7-8H,1-2H3. The number of carbonyl (C=O) groups is 1. The zero-order valence-corrected chi connectivity index (χ0v) is 9.64. The van der Waals surface area contributed by atoms with Gasteiger partial charge in [0.25, 0.3) is 0 Å². The SMILES string of the molecule is Cc1ccc(-n2c(C=O)cc(C#N)c2C)nc1. The summed E-state index contributed by atoms with van der Waals surface area (Å²) < 4.78 is 1.69. The van der Waals surface area contributed by atoms with Gasteiger partial charge in [-0.15, -0.1) is 0 Å². The molecule has 0 saturated heterocycles. The minimum absolute atomic E-state index is 0.440. The Kier molecular flexibility index (Phi) is 2.75. The van der Waals surface area contributed by atoms with E-state index in [0.29, 0.717) is 17.1 Å². The van der Waals surface area contributed by atoms with Gasteiger partial charge < -0.3 is 0 Å². The third-order valence-electron chi connectivity index (χ3n) is 2.64. The molecule has 4 nitrogen and oxygen atoms in total. The highest BCUT2D eigenvalue weighted by atomic mass is 16.1. The Morgan fingerprint density at radius 3 is 2.71 bits per heavy atom. The molecule has 0 aliphatic rings. The average Bonchev–Trinajstić information content (AvgIpc) is 2.67. The number of nitriles is 1. The Morgan fingerprint density at radius 2 is 2.18 bits per heavy atom. The Labute approximate surface area is 99.1 Å². The number of rotatable bonds is 2. The van der Waals surface area contributed by atoms with Crippen LogP contribution in [0.15, 0.2) is 24.4 Å². The average molecular weight is 225 g/mol. The lowest BCUT2D eigenvalue weighted by atomic mass is 10.3. The molecular weight excluding hydrogens is 214 g/mol. The third-order valence-corrected chi connectivity index (χ3v) is 2.64. The third kappa shape index (κ3) is 1.83. The van der Waals surface area contributed by atoms with Gasteiger partial charge in [-0.25, -0.2) is 4.98 Å². The second-order valence-electron chi connectivity index (χ2n) is 3.83. The number of nitrogens with zero attached hydrogens (tertiary/aromatic N) is 3. The minimum Gasteiger partial charge on any atom is -0.296 e. The van der Waals surface area contributed by atoms with E-state index in [2.05, 4.69) is 11.1 Å². The molecule has 0 radical (unpaired) electrons. The van der Waals surface area contributed by atoms with Crippen LogP contribution >= 0.6 is 0 Å². The van der Waals surface area contributed by atoms with Crippen molar-refractivity contribution < 1.29 is 4.79 Å². The van der Waals surface area contributed by atoms with E-state index >= 15 is 0 Å². The highest BCUT2D eigenvalue weighted by Gasteiger charge is 2.12. The zero-order valence-electron chi connectivity index (χ0n) is 9.64. The number of hydrogen-bond donors (Lipinski definition) is 0. The summed E-state index contributed by atoms with van der Waals surface area (Å²) in [6.07, 6.45) is 2.46. The summed E-state index contributed by atoms with van der Waals surface area (Å²) in [6, 6.07) is 7.39. The fourth-order valence-electron chi connectivity index (χ4n) is 1.73. The van der Waals surface area contributed by atoms with Crippen molar-refractivity contribution in [3.05, 3.63) is 46.9 Å². The summed E-state index contributed by atoms with van der Waals surface area (Å²) in [5.74, 6) is 0.650. The van der Waals surface area contributed by atoms with Crippen LogP contribution in [-0.2, 0) is 0 Å². The van der Waals surface area contributed by atoms with E-state index in [-0.39, 0.29) is 0 Å². The van der Waals surface area contributed by atoms with E-state index in [4.69, 9.17) is 5.26 Å². The summed E-state index contributed by atoms with van der Waals surface area (Å²) in [6.45, 7) is 3.74. The molecular formula is C13H11N3O. The van der Waals surface area contributed by atoms with Crippen molar-refractivity contribution in [1.29, 1.82) is 5.26 Å². The maximum Gasteiger partial charge on any atom is 0.166 e. The van der Waals surface area contributed by atoms with Gasteiger partial charge in [0.1, 0.15) is 11.9 Å². The fourth-order valence-corrected chi connectivity index (χ4v) is 1.73. The van der Waals surface area contributed by atoms with Crippen molar-refractivity contribution in [3.63, 3.8) is 0 Å². The van der Waals surface area contributed by atoms with Gasteiger partial charge in [-0.05, 0) is 31.5 Å². The molecule has 2 rings (SSSR count). The quantitative estimate of drug-likeness (QED) is 0.736. The molecule has 2 aromatic rings. The predicted molar refractivity (Wildman–Crippen MR) is 63.1 cm³/mol. The van der Waals surface area contributed by atoms with Crippen molar-refractivity contribution in [2.45, 2.75) is 13.8 Å². The fraction of sp³-hybridized carbons (Fsp3) is 0.154. The molecule has 0 N–H and O–H groups in total. The van der Waals surface area contributed by atoms with Crippen LogP contribution in [0.2, 0.25) is 0 Å². The Morgan fingerprint density at radius 1 is 1.41 bits per heavy atom. The first kappa shape index (κ1) is 11.1. The van der Waals surface area contributed by atoms with Crippen molar-refractivity contribution in [2.75, 3.05) is 0 Å². The first-order chi connectivity index (χ1) is 8.17. The second-order valence-corrected chi connectivity index (χ2v) is 3.83. The van der Waals surface area contributed by atoms with Crippen molar-refractivity contribution in [1.82, 2.24) is 9.55 Å². The van der Waals surface area contributed by atoms with E-state index in [9.17, 15) is 4.79 Å². The van der Waals surface area contributed by atoms with Gasteiger partial charge in [0, 0.05) is 11.9 Å². The van der Waals surface area contributed by atoms with E-state index < -0.39 is 0 Å². The summed E-state index contributed by atoms with van der Waals surface area (Å²) in [5.41, 5.74) is 2.71. The van der Waals surface area contributed by atoms with Crippen LogP contribution < -0.4 is 0 Å². The van der Waals surface area contributed by atoms with E-state index in [0.717, 1.165) is 17.5 Å². The van der Waals surface area contributed by atoms with Crippen molar-refractivity contribution >= 4 is 6.29 Å². The molecule has 0 aliphatic carbocycles. The van der Waals surface area contributed by atoms with Crippen LogP contribution in [0.3, 0.4) is 0 Å². The highest BCUT2D eigenvalue weighted by molar-refractivity contribution is 5.75. The van der Waals surface area contributed by atoms with Gasteiger partial charge in [-0.1, -0.05) is 6.07 Å². The maximum absolute atomic E-state index is 11.0. The normalized spacial score (nSPS) is 9.94. The van der Waals surface area contributed by atoms with E-state index in [1.807, 2.05) is 19.1 Å². The summed E-state index contributed by atoms with van der Waals surface area (Å²) in [7, 11) is 0. The lowest BCUT2D eigenvalue weighted by Crippen LogP contribution is -2.03. The molecule has 0 atom stereocenters. The smallest absolute Gasteiger partial charge is 0.166 e. The van der Waals surface area contributed by atoms with Crippen LogP contribution in [0.1, 0.15) is 27.3 Å². The van der Waals surface area contributed by atoms with Crippen LogP contribution in [-0.4, -0.2) is 15.8 Å². The Balaban J connectivity index is 2.66. The van der Waals surface area contributed by atoms with Crippen LogP contribution in [0.4, 0.5) is 0 Å². The molecule has 0 fully saturated rings. The lowest BCUT2D eigenvalue weighted by molar-refractivity contribution is 0.111. The van der Waals surface area contributed by atoms with Gasteiger partial charge in [-0.3, -0.25) is 9.36 Å². The molecule has 0 aliphatic heterocycles. The van der Waals surface area contributed by atoms with Gasteiger partial charge >= 0.3 is 0 Å². The summed E-state index contributed by atoms with van der Waals surface area (Å²) in [4.78, 5) is 15.3. The number of carbonyl (C=O) groups excluding carboxylic acids is 1. The molecule has 0 bridgehead atoms.